The zero-order valence-corrected chi connectivity index (χ0v) is 23.0. The Morgan fingerprint density at radius 3 is 2.36 bits per heavy atom. The first-order chi connectivity index (χ1) is 17.6. The fourth-order valence-corrected chi connectivity index (χ4v) is 6.60. The van der Waals surface area contributed by atoms with Gasteiger partial charge in [0.25, 0.3) is 0 Å². The van der Waals surface area contributed by atoms with Crippen molar-refractivity contribution in [3.05, 3.63) is 57.3 Å². The molecule has 1 fully saturated rings. The van der Waals surface area contributed by atoms with Crippen LogP contribution in [0.25, 0.3) is 0 Å². The molecule has 0 N–H and O–H groups in total. The van der Waals surface area contributed by atoms with Crippen LogP contribution in [0.4, 0.5) is 0 Å². The van der Waals surface area contributed by atoms with Crippen LogP contribution >= 0.6 is 11.3 Å². The number of aryl methyl sites for hydroxylation is 1. The monoisotopic (exact) mass is 509 g/mol. The molecule has 36 heavy (non-hydrogen) atoms. The predicted molar refractivity (Wildman–Crippen MR) is 148 cm³/mol. The Morgan fingerprint density at radius 2 is 1.58 bits per heavy atom. The van der Waals surface area contributed by atoms with Gasteiger partial charge in [-0.1, -0.05) is 63.3 Å². The van der Waals surface area contributed by atoms with Crippen molar-refractivity contribution in [2.24, 2.45) is 0 Å². The molecule has 2 aromatic rings. The van der Waals surface area contributed by atoms with E-state index in [0.29, 0.717) is 26.1 Å². The van der Waals surface area contributed by atoms with Crippen LogP contribution in [0.15, 0.2) is 35.7 Å². The molecule has 2 aliphatic heterocycles. The molecule has 0 saturated carbocycles. The summed E-state index contributed by atoms with van der Waals surface area (Å²) in [6.45, 7) is 8.55. The maximum absolute atomic E-state index is 13.5. The molecule has 0 unspecified atom stereocenters. The second kappa shape index (κ2) is 13.4. The molecule has 0 aliphatic carbocycles. The molecule has 0 bridgehead atoms. The first kappa shape index (κ1) is 26.9. The molecule has 0 radical (unpaired) electrons. The summed E-state index contributed by atoms with van der Waals surface area (Å²) in [4.78, 5) is 34.1. The van der Waals surface area contributed by atoms with Crippen LogP contribution in [0, 0.1) is 6.92 Å². The summed E-state index contributed by atoms with van der Waals surface area (Å²) in [5, 5.41) is 2.19. The maximum Gasteiger partial charge on any atom is 0.236 e. The minimum atomic E-state index is 0.132. The number of carbonyl (C=O) groups excluding carboxylic acids is 2. The zero-order valence-electron chi connectivity index (χ0n) is 22.2. The highest BCUT2D eigenvalue weighted by Gasteiger charge is 2.33. The number of thiophene rings is 1. The van der Waals surface area contributed by atoms with Crippen molar-refractivity contribution < 1.29 is 9.59 Å². The van der Waals surface area contributed by atoms with E-state index in [1.54, 1.807) is 0 Å². The second-order valence-corrected chi connectivity index (χ2v) is 11.4. The van der Waals surface area contributed by atoms with Gasteiger partial charge in [-0.15, -0.1) is 11.3 Å². The number of benzene rings is 1. The van der Waals surface area contributed by atoms with Crippen LogP contribution in [-0.4, -0.2) is 65.8 Å². The lowest BCUT2D eigenvalue weighted by Crippen LogP contribution is -2.45. The molecule has 4 rings (SSSR count). The van der Waals surface area contributed by atoms with E-state index in [-0.39, 0.29) is 17.9 Å². The van der Waals surface area contributed by atoms with Crippen molar-refractivity contribution in [2.75, 3.05) is 39.3 Å². The number of nitrogens with zero attached hydrogens (tertiary/aromatic N) is 3. The van der Waals surface area contributed by atoms with E-state index in [4.69, 9.17) is 0 Å². The average Bonchev–Trinajstić information content (AvgIpc) is 3.22. The highest BCUT2D eigenvalue weighted by molar-refractivity contribution is 7.10. The number of fused-ring (bicyclic) bond motifs is 1. The van der Waals surface area contributed by atoms with Crippen LogP contribution < -0.4 is 0 Å². The van der Waals surface area contributed by atoms with Gasteiger partial charge in [-0.2, -0.15) is 0 Å². The van der Waals surface area contributed by atoms with Gasteiger partial charge in [-0.25, -0.2) is 0 Å². The van der Waals surface area contributed by atoms with Crippen LogP contribution in [0.1, 0.15) is 85.9 Å². The summed E-state index contributed by atoms with van der Waals surface area (Å²) < 4.78 is 0. The zero-order chi connectivity index (χ0) is 25.3. The minimum Gasteiger partial charge on any atom is -0.341 e. The summed E-state index contributed by atoms with van der Waals surface area (Å²) >= 11 is 1.83. The summed E-state index contributed by atoms with van der Waals surface area (Å²) in [6, 6.07) is 10.9. The lowest BCUT2D eigenvalue weighted by atomic mass is 9.90. The quantitative estimate of drug-likeness (QED) is 0.379. The molecule has 2 aliphatic rings. The van der Waals surface area contributed by atoms with Gasteiger partial charge < -0.3 is 9.80 Å². The third kappa shape index (κ3) is 6.77. The third-order valence-electron chi connectivity index (χ3n) is 7.83. The average molecular weight is 510 g/mol. The van der Waals surface area contributed by atoms with Crippen molar-refractivity contribution in [1.29, 1.82) is 0 Å². The Kier molecular flexibility index (Phi) is 9.99. The Hall–Kier alpha value is -2.18. The molecular formula is C30H43N3O2S. The van der Waals surface area contributed by atoms with Gasteiger partial charge >= 0.3 is 0 Å². The van der Waals surface area contributed by atoms with E-state index in [1.165, 1.54) is 47.3 Å². The number of hydrogen-bond donors (Lipinski definition) is 0. The molecule has 196 valence electrons. The molecule has 1 aromatic carbocycles. The summed E-state index contributed by atoms with van der Waals surface area (Å²) in [5.74, 6) is 0.456. The van der Waals surface area contributed by atoms with E-state index in [9.17, 15) is 9.59 Å². The van der Waals surface area contributed by atoms with E-state index in [2.05, 4.69) is 54.5 Å². The van der Waals surface area contributed by atoms with E-state index in [0.717, 1.165) is 45.3 Å². The molecule has 2 amide bonds. The summed E-state index contributed by atoms with van der Waals surface area (Å²) in [5.41, 5.74) is 3.93. The molecule has 0 spiro atoms. The highest BCUT2D eigenvalue weighted by atomic mass is 32.1. The number of rotatable bonds is 10. The van der Waals surface area contributed by atoms with Gasteiger partial charge in [0.1, 0.15) is 0 Å². The van der Waals surface area contributed by atoms with Crippen molar-refractivity contribution in [3.8, 4) is 0 Å². The molecule has 6 heteroatoms. The molecule has 5 nitrogen and oxygen atoms in total. The summed E-state index contributed by atoms with van der Waals surface area (Å²) in [7, 11) is 0. The molecule has 1 aromatic heterocycles. The second-order valence-electron chi connectivity index (χ2n) is 10.4. The van der Waals surface area contributed by atoms with E-state index < -0.39 is 0 Å². The van der Waals surface area contributed by atoms with Gasteiger partial charge in [0.15, 0.2) is 0 Å². The predicted octanol–water partition coefficient (Wildman–Crippen LogP) is 5.82. The Labute approximate surface area is 221 Å². The number of amides is 2. The topological polar surface area (TPSA) is 43.9 Å². The number of hydrogen-bond acceptors (Lipinski definition) is 4. The van der Waals surface area contributed by atoms with Crippen molar-refractivity contribution in [1.82, 2.24) is 14.7 Å². The lowest BCUT2D eigenvalue weighted by Gasteiger charge is -2.37. The Morgan fingerprint density at radius 1 is 0.861 bits per heavy atom. The number of carbonyl (C=O) groups is 2. The van der Waals surface area contributed by atoms with Crippen molar-refractivity contribution >= 4 is 23.2 Å². The van der Waals surface area contributed by atoms with Crippen molar-refractivity contribution in [3.63, 3.8) is 0 Å². The van der Waals surface area contributed by atoms with Crippen LogP contribution in [-0.2, 0) is 16.0 Å². The molecule has 1 atom stereocenters. The molecule has 3 heterocycles. The van der Waals surface area contributed by atoms with E-state index in [1.807, 2.05) is 21.1 Å². The first-order valence-corrected chi connectivity index (χ1v) is 14.9. The minimum absolute atomic E-state index is 0.132. The smallest absolute Gasteiger partial charge is 0.236 e. The third-order valence-corrected chi connectivity index (χ3v) is 8.83. The van der Waals surface area contributed by atoms with Gasteiger partial charge in [-0.3, -0.25) is 14.5 Å². The van der Waals surface area contributed by atoms with Crippen LogP contribution in [0.5, 0.6) is 0 Å². The van der Waals surface area contributed by atoms with Gasteiger partial charge in [0, 0.05) is 44.0 Å². The largest absolute Gasteiger partial charge is 0.341 e. The fourth-order valence-electron chi connectivity index (χ4n) is 5.70. The first-order valence-electron chi connectivity index (χ1n) is 14.0. The standard InChI is InChI=1S/C30H43N3O2S/c1-3-4-5-6-7-8-14-28(34)31-17-11-18-32(21-20-31)29(35)23-33-19-15-27-26(16-22-36-27)30(33)25-13-10-9-12-24(25)2/h9-10,12-13,16,22,30H,3-8,11,14-15,17-21,23H2,1-2H3/t30-/m0/s1. The highest BCUT2D eigenvalue weighted by Crippen LogP contribution is 2.38. The molecular weight excluding hydrogens is 466 g/mol. The molecule has 1 saturated heterocycles. The van der Waals surface area contributed by atoms with Crippen LogP contribution in [0.3, 0.4) is 0 Å². The number of unbranched alkanes of at least 4 members (excludes halogenated alkanes) is 5. The Bertz CT molecular complexity index is 1000. The summed E-state index contributed by atoms with van der Waals surface area (Å²) in [6.07, 6.45) is 9.71. The van der Waals surface area contributed by atoms with Crippen LogP contribution in [0.2, 0.25) is 0 Å². The van der Waals surface area contributed by atoms with Crippen molar-refractivity contribution in [2.45, 2.75) is 77.7 Å². The van der Waals surface area contributed by atoms with Gasteiger partial charge in [0.05, 0.1) is 12.6 Å². The SMILES string of the molecule is CCCCCCCCC(=O)N1CCCN(C(=O)CN2CCc3sccc3[C@@H]2c2ccccc2C)CC1. The lowest BCUT2D eigenvalue weighted by molar-refractivity contribution is -0.134. The van der Waals surface area contributed by atoms with Gasteiger partial charge in [0.2, 0.25) is 11.8 Å². The van der Waals surface area contributed by atoms with E-state index >= 15 is 0 Å². The normalized spacial score (nSPS) is 18.7. The van der Waals surface area contributed by atoms with Gasteiger partial charge in [-0.05, 0) is 54.3 Å². The fraction of sp³-hybridized carbons (Fsp3) is 0.600. The maximum atomic E-state index is 13.5. The Balaban J connectivity index is 1.33.